The average Bonchev–Trinajstić information content (AvgIpc) is 3.35. The number of aryl methyl sites for hydroxylation is 2. The fourth-order valence-electron chi connectivity index (χ4n) is 2.55. The van der Waals surface area contributed by atoms with Gasteiger partial charge >= 0.3 is 0 Å². The number of rotatable bonds is 7. The van der Waals surface area contributed by atoms with Crippen LogP contribution in [0.5, 0.6) is 5.75 Å². The third kappa shape index (κ3) is 4.98. The van der Waals surface area contributed by atoms with Crippen molar-refractivity contribution >= 4 is 23.2 Å². The number of ether oxygens (including phenoxy) is 1. The third-order valence-electron chi connectivity index (χ3n) is 4.01. The van der Waals surface area contributed by atoms with E-state index in [0.717, 1.165) is 16.9 Å². The highest BCUT2D eigenvalue weighted by atomic mass is 32.1. The molecule has 0 aliphatic heterocycles. The second kappa shape index (κ2) is 9.18. The number of carbonyl (C=O) groups is 2. The Morgan fingerprint density at radius 2 is 1.93 bits per heavy atom. The SMILES string of the molecule is CCc1ccccc1OCC(=O)NNC(=O)Cc1nc(-c2cccs2)oc1C. The van der Waals surface area contributed by atoms with Gasteiger partial charge in [-0.3, -0.25) is 20.4 Å². The zero-order valence-corrected chi connectivity index (χ0v) is 16.5. The van der Waals surface area contributed by atoms with Gasteiger partial charge in [-0.15, -0.1) is 11.3 Å². The van der Waals surface area contributed by atoms with E-state index in [0.29, 0.717) is 23.1 Å². The summed E-state index contributed by atoms with van der Waals surface area (Å²) in [6.45, 7) is 3.57. The summed E-state index contributed by atoms with van der Waals surface area (Å²) in [5.74, 6) is 0.879. The van der Waals surface area contributed by atoms with Gasteiger partial charge in [-0.25, -0.2) is 4.98 Å². The van der Waals surface area contributed by atoms with Crippen LogP contribution >= 0.6 is 11.3 Å². The van der Waals surface area contributed by atoms with Crippen LogP contribution in [0.1, 0.15) is 23.9 Å². The molecule has 3 aromatic rings. The first kappa shape index (κ1) is 19.6. The highest BCUT2D eigenvalue weighted by Gasteiger charge is 2.16. The van der Waals surface area contributed by atoms with E-state index in [9.17, 15) is 9.59 Å². The van der Waals surface area contributed by atoms with E-state index in [4.69, 9.17) is 9.15 Å². The molecule has 0 bridgehead atoms. The van der Waals surface area contributed by atoms with Gasteiger partial charge in [0.2, 0.25) is 11.8 Å². The number of hydrazine groups is 1. The molecule has 7 nitrogen and oxygen atoms in total. The largest absolute Gasteiger partial charge is 0.483 e. The molecule has 1 aromatic carbocycles. The maximum atomic E-state index is 12.1. The van der Waals surface area contributed by atoms with Crippen LogP contribution in [-0.4, -0.2) is 23.4 Å². The van der Waals surface area contributed by atoms with Crippen molar-refractivity contribution in [2.24, 2.45) is 0 Å². The van der Waals surface area contributed by atoms with Crippen molar-refractivity contribution in [3.63, 3.8) is 0 Å². The van der Waals surface area contributed by atoms with Gasteiger partial charge in [0, 0.05) is 0 Å². The maximum Gasteiger partial charge on any atom is 0.276 e. The van der Waals surface area contributed by atoms with E-state index < -0.39 is 11.8 Å². The molecule has 3 rings (SSSR count). The highest BCUT2D eigenvalue weighted by molar-refractivity contribution is 7.13. The highest BCUT2D eigenvalue weighted by Crippen LogP contribution is 2.26. The zero-order valence-electron chi connectivity index (χ0n) is 15.7. The second-order valence-electron chi connectivity index (χ2n) is 6.02. The Hall–Kier alpha value is -3.13. The Balaban J connectivity index is 1.47. The van der Waals surface area contributed by atoms with Crippen molar-refractivity contribution in [1.29, 1.82) is 0 Å². The molecule has 0 aliphatic carbocycles. The Morgan fingerprint density at radius 1 is 1.14 bits per heavy atom. The summed E-state index contributed by atoms with van der Waals surface area (Å²) in [7, 11) is 0. The molecule has 2 aromatic heterocycles. The number of thiophene rings is 1. The Kier molecular flexibility index (Phi) is 6.44. The second-order valence-corrected chi connectivity index (χ2v) is 6.97. The van der Waals surface area contributed by atoms with E-state index in [-0.39, 0.29) is 13.0 Å². The van der Waals surface area contributed by atoms with E-state index in [1.807, 2.05) is 48.7 Å². The lowest BCUT2D eigenvalue weighted by Gasteiger charge is -2.11. The molecule has 0 saturated heterocycles. The first-order valence-electron chi connectivity index (χ1n) is 8.85. The summed E-state index contributed by atoms with van der Waals surface area (Å²) in [5.41, 5.74) is 6.26. The molecule has 0 spiro atoms. The van der Waals surface area contributed by atoms with E-state index in [1.165, 1.54) is 11.3 Å². The third-order valence-corrected chi connectivity index (χ3v) is 4.86. The number of para-hydroxylation sites is 1. The minimum absolute atomic E-state index is 0.000510. The molecule has 0 saturated carbocycles. The van der Waals surface area contributed by atoms with Crippen LogP contribution in [-0.2, 0) is 22.4 Å². The van der Waals surface area contributed by atoms with E-state index in [1.54, 1.807) is 6.92 Å². The lowest BCUT2D eigenvalue weighted by Crippen LogP contribution is -2.44. The molecule has 2 amide bonds. The van der Waals surface area contributed by atoms with Crippen molar-refractivity contribution in [1.82, 2.24) is 15.8 Å². The van der Waals surface area contributed by atoms with Gasteiger partial charge in [-0.2, -0.15) is 0 Å². The summed E-state index contributed by atoms with van der Waals surface area (Å²) in [4.78, 5) is 29.3. The average molecular weight is 399 g/mol. The molecule has 2 N–H and O–H groups in total. The smallest absolute Gasteiger partial charge is 0.276 e. The monoisotopic (exact) mass is 399 g/mol. The van der Waals surface area contributed by atoms with E-state index in [2.05, 4.69) is 15.8 Å². The minimum Gasteiger partial charge on any atom is -0.483 e. The van der Waals surface area contributed by atoms with Crippen molar-refractivity contribution in [2.45, 2.75) is 26.7 Å². The number of oxazole rings is 1. The van der Waals surface area contributed by atoms with Gasteiger partial charge in [-0.05, 0) is 36.4 Å². The number of nitrogens with one attached hydrogen (secondary N) is 2. The van der Waals surface area contributed by atoms with Crippen LogP contribution in [0.15, 0.2) is 46.2 Å². The van der Waals surface area contributed by atoms with Crippen LogP contribution < -0.4 is 15.6 Å². The van der Waals surface area contributed by atoms with Gasteiger partial charge < -0.3 is 9.15 Å². The van der Waals surface area contributed by atoms with E-state index >= 15 is 0 Å². The topological polar surface area (TPSA) is 93.5 Å². The van der Waals surface area contributed by atoms with Crippen molar-refractivity contribution in [3.8, 4) is 16.5 Å². The number of hydrogen-bond acceptors (Lipinski definition) is 6. The minimum atomic E-state index is -0.449. The fraction of sp³-hybridized carbons (Fsp3) is 0.250. The molecule has 0 radical (unpaired) electrons. The maximum absolute atomic E-state index is 12.1. The van der Waals surface area contributed by atoms with Gasteiger partial charge in [0.25, 0.3) is 5.91 Å². The van der Waals surface area contributed by atoms with Crippen LogP contribution in [0.3, 0.4) is 0 Å². The number of benzene rings is 1. The fourth-order valence-corrected chi connectivity index (χ4v) is 3.20. The molecule has 2 heterocycles. The molecular weight excluding hydrogens is 378 g/mol. The lowest BCUT2D eigenvalue weighted by atomic mass is 10.1. The summed E-state index contributed by atoms with van der Waals surface area (Å²) >= 11 is 1.51. The van der Waals surface area contributed by atoms with Crippen molar-refractivity contribution in [2.75, 3.05) is 6.61 Å². The summed E-state index contributed by atoms with van der Waals surface area (Å²) in [6.07, 6.45) is 0.805. The van der Waals surface area contributed by atoms with Gasteiger partial charge in [-0.1, -0.05) is 31.2 Å². The first-order valence-corrected chi connectivity index (χ1v) is 9.73. The molecular formula is C20H21N3O4S. The van der Waals surface area contributed by atoms with Gasteiger partial charge in [0.1, 0.15) is 11.5 Å². The van der Waals surface area contributed by atoms with Gasteiger partial charge in [0.15, 0.2) is 6.61 Å². The predicted octanol–water partition coefficient (Wildman–Crippen LogP) is 3.04. The van der Waals surface area contributed by atoms with Crippen molar-refractivity contribution in [3.05, 3.63) is 58.8 Å². The molecule has 8 heteroatoms. The Bertz CT molecular complexity index is 950. The molecule has 0 unspecified atom stereocenters. The van der Waals surface area contributed by atoms with Crippen molar-refractivity contribution < 1.29 is 18.7 Å². The number of hydrogen-bond donors (Lipinski definition) is 2. The standard InChI is InChI=1S/C20H21N3O4S/c1-3-14-7-4-5-8-16(14)26-12-19(25)23-22-18(24)11-15-13(2)27-20(21-15)17-9-6-10-28-17/h4-10H,3,11-12H2,1-2H3,(H,22,24)(H,23,25). The molecule has 28 heavy (non-hydrogen) atoms. The molecule has 0 aliphatic rings. The number of nitrogens with zero attached hydrogens (tertiary/aromatic N) is 1. The van der Waals surface area contributed by atoms with Gasteiger partial charge in [0.05, 0.1) is 17.0 Å². The van der Waals surface area contributed by atoms with Crippen LogP contribution in [0.4, 0.5) is 0 Å². The first-order chi connectivity index (χ1) is 13.6. The number of aromatic nitrogens is 1. The summed E-state index contributed by atoms with van der Waals surface area (Å²) < 4.78 is 11.1. The lowest BCUT2D eigenvalue weighted by molar-refractivity contribution is -0.129. The Labute approximate surface area is 166 Å². The summed E-state index contributed by atoms with van der Waals surface area (Å²) in [6, 6.07) is 11.3. The normalized spacial score (nSPS) is 10.5. The summed E-state index contributed by atoms with van der Waals surface area (Å²) in [5, 5.41) is 1.93. The van der Waals surface area contributed by atoms with Crippen LogP contribution in [0.2, 0.25) is 0 Å². The quantitative estimate of drug-likeness (QED) is 0.596. The number of amides is 2. The van der Waals surface area contributed by atoms with Crippen LogP contribution in [0.25, 0.3) is 10.8 Å². The molecule has 146 valence electrons. The van der Waals surface area contributed by atoms with Crippen LogP contribution in [0, 0.1) is 6.92 Å². The molecule has 0 fully saturated rings. The Morgan fingerprint density at radius 3 is 2.68 bits per heavy atom. The number of carbonyl (C=O) groups excluding carboxylic acids is 2. The predicted molar refractivity (Wildman–Crippen MR) is 106 cm³/mol. The zero-order chi connectivity index (χ0) is 19.9. The molecule has 0 atom stereocenters.